The molecule has 0 aliphatic rings. The Bertz CT molecular complexity index is 3600. The van der Waals surface area contributed by atoms with Gasteiger partial charge in [-0.05, 0) is 116 Å². The molecule has 8 aromatic rings. The zero-order valence-corrected chi connectivity index (χ0v) is 46.0. The first-order chi connectivity index (χ1) is 39.8. The lowest BCUT2D eigenvalue weighted by molar-refractivity contribution is 0.0683. The maximum absolute atomic E-state index is 12.2. The molecular weight excluding hydrogens is 1060 g/mol. The van der Waals surface area contributed by atoms with Crippen LogP contribution in [0.3, 0.4) is 0 Å². The first-order valence-electron chi connectivity index (χ1n) is 26.2. The minimum Gasteiger partial charge on any atom is -0.497 e. The van der Waals surface area contributed by atoms with Crippen molar-refractivity contribution in [3.8, 4) is 5.75 Å². The summed E-state index contributed by atoms with van der Waals surface area (Å²) in [6.07, 6.45) is 3.30. The Morgan fingerprint density at radius 3 is 0.988 bits per heavy atom. The minimum absolute atomic E-state index is 0.00581. The lowest BCUT2D eigenvalue weighted by atomic mass is 9.97. The second-order valence-corrected chi connectivity index (χ2v) is 18.9. The second kappa shape index (κ2) is 32.0. The van der Waals surface area contributed by atoms with Crippen molar-refractivity contribution in [3.63, 3.8) is 0 Å². The molecule has 0 saturated heterocycles. The Labute approximate surface area is 480 Å². The molecule has 0 heterocycles. The van der Waals surface area contributed by atoms with Crippen LogP contribution in [0.25, 0.3) is 0 Å². The quantitative estimate of drug-likeness (QED) is 0.0395. The summed E-state index contributed by atoms with van der Waals surface area (Å²) in [6, 6.07) is 54.7. The standard InChI is InChI=1S/C17H14O5.C17H16O4.2C17H16O3/c18-15(13-3-1-2-4-14(13)17(21)22)10-7-11-5-8-12(9-6-11)16(19)20;1-21-13-9-6-12(7-10-13)8-11-16(18)14-4-2-3-5-15(14)17(19)20;1-12-5-4-6-13(11-12)9-10-16(18)14-7-2-3-8-15(14)17(19)20;1-12-6-2-3-7-13(12)10-11-16(18)14-8-4-5-9-15(14)17(19)20/h1-6,8-9H,7,10H2,(H,19,20)(H,21,22);2-7,9-10H,8,11H2,1H3,(H,19,20);2-8,11H,9-10H2,1H3,(H,19,20);2-9H,10-11H2,1H3,(H,19,20). The average Bonchev–Trinajstić information content (AvgIpc) is 3.62. The molecule has 8 aromatic carbocycles. The van der Waals surface area contributed by atoms with Gasteiger partial charge in [0.25, 0.3) is 0 Å². The van der Waals surface area contributed by atoms with Gasteiger partial charge in [0.2, 0.25) is 0 Å². The highest BCUT2D eigenvalue weighted by Crippen LogP contribution is 2.20. The summed E-state index contributed by atoms with van der Waals surface area (Å²) in [6.45, 7) is 4.01. The summed E-state index contributed by atoms with van der Waals surface area (Å²) >= 11 is 0. The van der Waals surface area contributed by atoms with Crippen LogP contribution in [0.5, 0.6) is 5.75 Å². The van der Waals surface area contributed by atoms with Crippen LogP contribution in [0.2, 0.25) is 0 Å². The van der Waals surface area contributed by atoms with E-state index in [9.17, 15) is 43.2 Å². The van der Waals surface area contributed by atoms with Crippen LogP contribution in [0.4, 0.5) is 0 Å². The van der Waals surface area contributed by atoms with Crippen molar-refractivity contribution in [3.05, 3.63) is 278 Å². The molecule has 83 heavy (non-hydrogen) atoms. The molecule has 0 fully saturated rings. The molecule has 0 bridgehead atoms. The molecule has 0 aliphatic carbocycles. The van der Waals surface area contributed by atoms with Gasteiger partial charge < -0.3 is 30.3 Å². The van der Waals surface area contributed by atoms with Crippen LogP contribution >= 0.6 is 0 Å². The number of carboxylic acids is 5. The topological polar surface area (TPSA) is 264 Å². The fourth-order valence-electron chi connectivity index (χ4n) is 8.58. The summed E-state index contributed by atoms with van der Waals surface area (Å²) < 4.78 is 5.07. The van der Waals surface area contributed by atoms with Gasteiger partial charge in [-0.2, -0.15) is 0 Å². The fourth-order valence-corrected chi connectivity index (χ4v) is 8.58. The fraction of sp³-hybridized carbons (Fsp3) is 0.162. The number of methoxy groups -OCH3 is 1. The van der Waals surface area contributed by atoms with E-state index in [4.69, 9.17) is 30.3 Å². The van der Waals surface area contributed by atoms with Gasteiger partial charge in [-0.15, -0.1) is 0 Å². The highest BCUT2D eigenvalue weighted by Gasteiger charge is 2.19. The van der Waals surface area contributed by atoms with E-state index >= 15 is 0 Å². The van der Waals surface area contributed by atoms with Gasteiger partial charge in [-0.25, -0.2) is 24.0 Å². The molecule has 0 radical (unpaired) electrons. The molecule has 0 unspecified atom stereocenters. The van der Waals surface area contributed by atoms with Gasteiger partial charge >= 0.3 is 29.8 Å². The lowest BCUT2D eigenvalue weighted by Crippen LogP contribution is -2.09. The van der Waals surface area contributed by atoms with Crippen molar-refractivity contribution in [2.24, 2.45) is 0 Å². The molecule has 0 aromatic heterocycles. The average molecular weight is 1120 g/mol. The Morgan fingerprint density at radius 2 is 0.651 bits per heavy atom. The molecule has 15 nitrogen and oxygen atoms in total. The molecule has 0 saturated carbocycles. The van der Waals surface area contributed by atoms with Gasteiger partial charge in [0.15, 0.2) is 23.1 Å². The Hall–Kier alpha value is -10.4. The van der Waals surface area contributed by atoms with Crippen LogP contribution in [0.1, 0.15) is 152 Å². The maximum Gasteiger partial charge on any atom is 0.336 e. The number of carbonyl (C=O) groups excluding carboxylic acids is 4. The van der Waals surface area contributed by atoms with Crippen molar-refractivity contribution >= 4 is 53.0 Å². The number of aryl methyl sites for hydroxylation is 6. The number of ether oxygens (including phenoxy) is 1. The van der Waals surface area contributed by atoms with Crippen molar-refractivity contribution in [1.82, 2.24) is 0 Å². The van der Waals surface area contributed by atoms with E-state index in [-0.39, 0.29) is 86.0 Å². The van der Waals surface area contributed by atoms with Crippen molar-refractivity contribution in [2.45, 2.75) is 65.2 Å². The highest BCUT2D eigenvalue weighted by molar-refractivity contribution is 6.08. The molecule has 5 N–H and O–H groups in total. The van der Waals surface area contributed by atoms with Gasteiger partial charge in [0, 0.05) is 47.9 Å². The summed E-state index contributed by atoms with van der Waals surface area (Å²) in [4.78, 5) is 104. The summed E-state index contributed by atoms with van der Waals surface area (Å²) in [5.74, 6) is -5.26. The van der Waals surface area contributed by atoms with Crippen LogP contribution in [0, 0.1) is 13.8 Å². The van der Waals surface area contributed by atoms with Crippen molar-refractivity contribution in [1.29, 1.82) is 0 Å². The maximum atomic E-state index is 12.2. The van der Waals surface area contributed by atoms with Gasteiger partial charge in [0.05, 0.1) is 34.9 Å². The van der Waals surface area contributed by atoms with E-state index in [0.717, 1.165) is 39.1 Å². The van der Waals surface area contributed by atoms with Gasteiger partial charge in [-0.3, -0.25) is 19.2 Å². The van der Waals surface area contributed by atoms with Gasteiger partial charge in [-0.1, -0.05) is 151 Å². The first kappa shape index (κ1) is 63.4. The normalized spacial score (nSPS) is 10.2. The molecule has 8 rings (SSSR count). The van der Waals surface area contributed by atoms with E-state index in [1.807, 2.05) is 86.6 Å². The predicted molar refractivity (Wildman–Crippen MR) is 313 cm³/mol. The molecule has 15 heteroatoms. The Kier molecular flexibility index (Phi) is 24.4. The SMILES string of the molecule is COc1ccc(CCC(=O)c2ccccc2C(=O)O)cc1.Cc1cccc(CCC(=O)c2ccccc2C(=O)O)c1.Cc1ccccc1CCC(=O)c1ccccc1C(=O)O.O=C(O)c1ccc(CCC(=O)c2ccccc2C(=O)O)cc1. The van der Waals surface area contributed by atoms with Gasteiger partial charge in [0.1, 0.15) is 5.75 Å². The zero-order chi connectivity index (χ0) is 60.4. The number of carbonyl (C=O) groups is 9. The third kappa shape index (κ3) is 19.7. The summed E-state index contributed by atoms with van der Waals surface area (Å²) in [7, 11) is 1.60. The number of hydrogen-bond donors (Lipinski definition) is 5. The summed E-state index contributed by atoms with van der Waals surface area (Å²) in [5.41, 5.74) is 7.74. The van der Waals surface area contributed by atoms with Crippen LogP contribution in [-0.2, 0) is 25.7 Å². The second-order valence-electron chi connectivity index (χ2n) is 18.9. The van der Waals surface area contributed by atoms with E-state index < -0.39 is 29.8 Å². The largest absolute Gasteiger partial charge is 0.497 e. The number of Topliss-reactive ketones (excluding diaryl/α,β-unsaturated/α-hetero) is 4. The molecule has 0 atom stereocenters. The summed E-state index contributed by atoms with van der Waals surface area (Å²) in [5, 5.41) is 45.2. The number of benzene rings is 8. The molecular formula is C68H62O15. The van der Waals surface area contributed by atoms with E-state index in [0.29, 0.717) is 38.5 Å². The third-order valence-corrected chi connectivity index (χ3v) is 13.1. The Balaban J connectivity index is 0.000000203. The first-order valence-corrected chi connectivity index (χ1v) is 26.2. The monoisotopic (exact) mass is 1120 g/mol. The lowest BCUT2D eigenvalue weighted by Gasteiger charge is -2.07. The minimum atomic E-state index is -1.13. The van der Waals surface area contributed by atoms with Crippen molar-refractivity contribution in [2.75, 3.05) is 7.11 Å². The van der Waals surface area contributed by atoms with Crippen LogP contribution in [0.15, 0.2) is 194 Å². The predicted octanol–water partition coefficient (Wildman–Crippen LogP) is 13.1. The smallest absolute Gasteiger partial charge is 0.336 e. The van der Waals surface area contributed by atoms with E-state index in [1.165, 1.54) is 42.5 Å². The van der Waals surface area contributed by atoms with Crippen LogP contribution < -0.4 is 4.74 Å². The Morgan fingerprint density at radius 1 is 0.325 bits per heavy atom. The van der Waals surface area contributed by atoms with E-state index in [2.05, 4.69) is 0 Å². The number of ketones is 4. The number of carboxylic acid groups (broad SMARTS) is 5. The highest BCUT2D eigenvalue weighted by atomic mass is 16.5. The molecule has 0 aliphatic heterocycles. The number of hydrogen-bond acceptors (Lipinski definition) is 10. The molecule has 0 amide bonds. The molecule has 0 spiro atoms. The van der Waals surface area contributed by atoms with Crippen LogP contribution in [-0.4, -0.2) is 85.6 Å². The number of rotatable bonds is 22. The van der Waals surface area contributed by atoms with E-state index in [1.54, 1.807) is 86.0 Å². The van der Waals surface area contributed by atoms with Crippen molar-refractivity contribution < 1.29 is 73.4 Å². The third-order valence-electron chi connectivity index (χ3n) is 13.1. The number of aromatic carboxylic acids is 5. The molecule has 424 valence electrons. The zero-order valence-electron chi connectivity index (χ0n) is 46.0.